The molecule has 1 atom stereocenters. The second kappa shape index (κ2) is 6.49. The zero-order valence-corrected chi connectivity index (χ0v) is 13.5. The molecule has 3 aromatic rings. The highest BCUT2D eigenvalue weighted by atomic mass is 16.5. The smallest absolute Gasteiger partial charge is 0.258 e. The van der Waals surface area contributed by atoms with Crippen molar-refractivity contribution in [2.24, 2.45) is 0 Å². The predicted octanol–water partition coefficient (Wildman–Crippen LogP) is 3.40. The van der Waals surface area contributed by atoms with Crippen molar-refractivity contribution < 1.29 is 9.26 Å². The molecule has 4 rings (SSSR count). The van der Waals surface area contributed by atoms with Crippen molar-refractivity contribution in [2.75, 3.05) is 13.2 Å². The van der Waals surface area contributed by atoms with Gasteiger partial charge in [0.05, 0.1) is 6.61 Å². The van der Waals surface area contributed by atoms with Crippen LogP contribution in [0.25, 0.3) is 23.1 Å². The Balaban J connectivity index is 1.61. The van der Waals surface area contributed by atoms with Crippen molar-refractivity contribution >= 4 is 0 Å². The lowest BCUT2D eigenvalue weighted by Crippen LogP contribution is -2.15. The van der Waals surface area contributed by atoms with E-state index in [1.807, 2.05) is 19.1 Å². The van der Waals surface area contributed by atoms with Crippen LogP contribution >= 0.6 is 0 Å². The first-order valence-electron chi connectivity index (χ1n) is 8.10. The van der Waals surface area contributed by atoms with Gasteiger partial charge in [0.1, 0.15) is 0 Å². The average Bonchev–Trinajstić information content (AvgIpc) is 3.13. The van der Waals surface area contributed by atoms with Crippen LogP contribution in [-0.2, 0) is 4.74 Å². The van der Waals surface area contributed by atoms with Gasteiger partial charge >= 0.3 is 0 Å². The fraction of sp³-hybridized carbons (Fsp3) is 0.333. The molecular formula is C18H18N4O2. The van der Waals surface area contributed by atoms with E-state index in [0.717, 1.165) is 37.2 Å². The van der Waals surface area contributed by atoms with Gasteiger partial charge in [-0.05, 0) is 43.0 Å². The first kappa shape index (κ1) is 15.0. The molecule has 0 radical (unpaired) electrons. The summed E-state index contributed by atoms with van der Waals surface area (Å²) in [7, 11) is 0. The Labute approximate surface area is 139 Å². The van der Waals surface area contributed by atoms with Crippen molar-refractivity contribution in [3.63, 3.8) is 0 Å². The molecule has 24 heavy (non-hydrogen) atoms. The first-order valence-corrected chi connectivity index (χ1v) is 8.10. The molecule has 6 heteroatoms. The molecule has 0 spiro atoms. The Morgan fingerprint density at radius 2 is 2.00 bits per heavy atom. The summed E-state index contributed by atoms with van der Waals surface area (Å²) in [6.45, 7) is 3.57. The van der Waals surface area contributed by atoms with E-state index in [4.69, 9.17) is 9.26 Å². The van der Waals surface area contributed by atoms with Gasteiger partial charge in [0, 0.05) is 30.5 Å². The molecule has 1 unspecified atom stereocenters. The van der Waals surface area contributed by atoms with Crippen LogP contribution in [0.1, 0.15) is 29.9 Å². The Bertz CT molecular complexity index is 823. The number of hydrogen-bond acceptors (Lipinski definition) is 6. The van der Waals surface area contributed by atoms with Gasteiger partial charge in [-0.15, -0.1) is 0 Å². The summed E-state index contributed by atoms with van der Waals surface area (Å²) in [5, 5.41) is 4.00. The molecule has 1 fully saturated rings. The lowest BCUT2D eigenvalue weighted by Gasteiger charge is -2.22. The molecule has 3 heterocycles. The summed E-state index contributed by atoms with van der Waals surface area (Å²) in [5.41, 5.74) is 3.15. The Morgan fingerprint density at radius 1 is 1.12 bits per heavy atom. The quantitative estimate of drug-likeness (QED) is 0.736. The highest BCUT2D eigenvalue weighted by molar-refractivity contribution is 5.57. The SMILES string of the molecule is Cc1cnc(-c2noc(-c3cccc(C4CCCOC4)c3)n2)nc1. The number of nitrogens with zero attached hydrogens (tertiary/aromatic N) is 4. The minimum Gasteiger partial charge on any atom is -0.381 e. The first-order chi connectivity index (χ1) is 11.8. The molecule has 122 valence electrons. The number of hydrogen-bond donors (Lipinski definition) is 0. The van der Waals surface area contributed by atoms with E-state index in [1.165, 1.54) is 5.56 Å². The summed E-state index contributed by atoms with van der Waals surface area (Å²) in [5.74, 6) is 1.78. The summed E-state index contributed by atoms with van der Waals surface area (Å²) in [6, 6.07) is 8.22. The summed E-state index contributed by atoms with van der Waals surface area (Å²) in [4.78, 5) is 12.9. The third-order valence-electron chi connectivity index (χ3n) is 4.17. The number of ether oxygens (including phenoxy) is 1. The van der Waals surface area contributed by atoms with Gasteiger partial charge in [0.25, 0.3) is 5.89 Å². The summed E-state index contributed by atoms with van der Waals surface area (Å²) >= 11 is 0. The van der Waals surface area contributed by atoms with E-state index in [0.29, 0.717) is 23.5 Å². The minimum atomic E-state index is 0.399. The molecule has 0 bridgehead atoms. The Morgan fingerprint density at radius 3 is 2.79 bits per heavy atom. The minimum absolute atomic E-state index is 0.399. The van der Waals surface area contributed by atoms with Crippen LogP contribution in [0, 0.1) is 6.92 Å². The number of benzene rings is 1. The van der Waals surface area contributed by atoms with E-state index in [2.05, 4.69) is 32.2 Å². The van der Waals surface area contributed by atoms with Gasteiger partial charge in [0.2, 0.25) is 11.6 Å². The van der Waals surface area contributed by atoms with Gasteiger partial charge < -0.3 is 9.26 Å². The van der Waals surface area contributed by atoms with Crippen LogP contribution in [0.2, 0.25) is 0 Å². The van der Waals surface area contributed by atoms with Crippen LogP contribution < -0.4 is 0 Å². The number of aromatic nitrogens is 4. The lowest BCUT2D eigenvalue weighted by atomic mass is 9.92. The van der Waals surface area contributed by atoms with Gasteiger partial charge in [-0.1, -0.05) is 17.3 Å². The molecule has 1 aromatic carbocycles. The van der Waals surface area contributed by atoms with Crippen molar-refractivity contribution in [3.8, 4) is 23.1 Å². The van der Waals surface area contributed by atoms with Crippen LogP contribution in [-0.4, -0.2) is 33.3 Å². The van der Waals surface area contributed by atoms with Crippen LogP contribution in [0.5, 0.6) is 0 Å². The summed E-state index contributed by atoms with van der Waals surface area (Å²) in [6.07, 6.45) is 5.73. The monoisotopic (exact) mass is 322 g/mol. The van der Waals surface area contributed by atoms with Gasteiger partial charge in [-0.2, -0.15) is 4.98 Å². The topological polar surface area (TPSA) is 73.9 Å². The number of rotatable bonds is 3. The zero-order chi connectivity index (χ0) is 16.4. The molecule has 2 aromatic heterocycles. The van der Waals surface area contributed by atoms with Crippen LogP contribution in [0.3, 0.4) is 0 Å². The van der Waals surface area contributed by atoms with Crippen molar-refractivity contribution in [2.45, 2.75) is 25.7 Å². The van der Waals surface area contributed by atoms with E-state index >= 15 is 0 Å². The zero-order valence-electron chi connectivity index (χ0n) is 13.5. The van der Waals surface area contributed by atoms with E-state index < -0.39 is 0 Å². The van der Waals surface area contributed by atoms with Crippen molar-refractivity contribution in [1.29, 1.82) is 0 Å². The van der Waals surface area contributed by atoms with Crippen molar-refractivity contribution in [3.05, 3.63) is 47.8 Å². The standard InChI is InChI=1S/C18H18N4O2/c1-12-9-19-16(20-10-12)17-21-18(24-22-17)14-5-2-4-13(8-14)15-6-3-7-23-11-15/h2,4-5,8-10,15H,3,6-7,11H2,1H3. The maximum absolute atomic E-state index is 5.59. The molecule has 0 amide bonds. The maximum Gasteiger partial charge on any atom is 0.258 e. The van der Waals surface area contributed by atoms with Gasteiger partial charge in [-0.25, -0.2) is 9.97 Å². The molecule has 1 saturated heterocycles. The normalized spacial score (nSPS) is 17.8. The molecule has 0 saturated carbocycles. The number of aryl methyl sites for hydroxylation is 1. The molecule has 0 aliphatic carbocycles. The molecule has 1 aliphatic heterocycles. The average molecular weight is 322 g/mol. The highest BCUT2D eigenvalue weighted by Gasteiger charge is 2.18. The Kier molecular flexibility index (Phi) is 4.04. The third-order valence-corrected chi connectivity index (χ3v) is 4.17. The third kappa shape index (κ3) is 3.05. The maximum atomic E-state index is 5.59. The van der Waals surface area contributed by atoms with E-state index in [-0.39, 0.29) is 0 Å². The van der Waals surface area contributed by atoms with Gasteiger partial charge in [-0.3, -0.25) is 0 Å². The second-order valence-corrected chi connectivity index (χ2v) is 6.05. The largest absolute Gasteiger partial charge is 0.381 e. The highest BCUT2D eigenvalue weighted by Crippen LogP contribution is 2.29. The van der Waals surface area contributed by atoms with Crippen LogP contribution in [0.15, 0.2) is 41.2 Å². The molecule has 1 aliphatic rings. The second-order valence-electron chi connectivity index (χ2n) is 6.05. The van der Waals surface area contributed by atoms with Crippen molar-refractivity contribution in [1.82, 2.24) is 20.1 Å². The lowest BCUT2D eigenvalue weighted by molar-refractivity contribution is 0.0804. The van der Waals surface area contributed by atoms with Gasteiger partial charge in [0.15, 0.2) is 0 Å². The predicted molar refractivity (Wildman–Crippen MR) is 88.3 cm³/mol. The fourth-order valence-corrected chi connectivity index (χ4v) is 2.87. The Hall–Kier alpha value is -2.60. The fourth-order valence-electron chi connectivity index (χ4n) is 2.87. The van der Waals surface area contributed by atoms with E-state index in [9.17, 15) is 0 Å². The summed E-state index contributed by atoms with van der Waals surface area (Å²) < 4.78 is 11.0. The van der Waals surface area contributed by atoms with E-state index in [1.54, 1.807) is 12.4 Å². The van der Waals surface area contributed by atoms with Crippen LogP contribution in [0.4, 0.5) is 0 Å². The molecule has 0 N–H and O–H groups in total. The molecule has 6 nitrogen and oxygen atoms in total. The molecular weight excluding hydrogens is 304 g/mol.